The number of ether oxygens (including phenoxy) is 1. The summed E-state index contributed by atoms with van der Waals surface area (Å²) in [5.74, 6) is 0.320. The van der Waals surface area contributed by atoms with E-state index in [1.165, 1.54) is 37.0 Å². The van der Waals surface area contributed by atoms with Gasteiger partial charge < -0.3 is 10.1 Å². The fourth-order valence-corrected chi connectivity index (χ4v) is 3.12. The summed E-state index contributed by atoms with van der Waals surface area (Å²) < 4.78 is 5.01. The van der Waals surface area contributed by atoms with Crippen LogP contribution in [0.25, 0.3) is 0 Å². The largest absolute Gasteiger partial charge is 0.461 e. The molecule has 0 radical (unpaired) electrons. The van der Waals surface area contributed by atoms with Crippen LogP contribution in [0.15, 0.2) is 5.51 Å². The van der Waals surface area contributed by atoms with Crippen LogP contribution in [0.1, 0.15) is 50.0 Å². The molecule has 18 heavy (non-hydrogen) atoms. The van der Waals surface area contributed by atoms with Gasteiger partial charge in [-0.15, -0.1) is 11.3 Å². The molecule has 0 aromatic carbocycles. The molecule has 1 N–H and O–H groups in total. The number of aromatic nitrogens is 1. The van der Waals surface area contributed by atoms with Crippen molar-refractivity contribution in [2.75, 3.05) is 11.9 Å². The van der Waals surface area contributed by atoms with Gasteiger partial charge in [-0.25, -0.2) is 9.78 Å². The van der Waals surface area contributed by atoms with Crippen LogP contribution < -0.4 is 5.32 Å². The Kier molecular flexibility index (Phi) is 4.58. The predicted octanol–water partition coefficient (Wildman–Crippen LogP) is 3.31. The highest BCUT2D eigenvalue weighted by Crippen LogP contribution is 2.30. The van der Waals surface area contributed by atoms with E-state index in [-0.39, 0.29) is 5.97 Å². The molecule has 1 aromatic heterocycles. The zero-order chi connectivity index (χ0) is 13.0. The van der Waals surface area contributed by atoms with E-state index < -0.39 is 0 Å². The smallest absolute Gasteiger partial charge is 0.360 e. The fourth-order valence-electron chi connectivity index (χ4n) is 2.39. The predicted molar refractivity (Wildman–Crippen MR) is 73.1 cm³/mol. The van der Waals surface area contributed by atoms with Crippen molar-refractivity contribution >= 4 is 22.3 Å². The quantitative estimate of drug-likeness (QED) is 0.851. The van der Waals surface area contributed by atoms with E-state index in [0.29, 0.717) is 24.3 Å². The minimum Gasteiger partial charge on any atom is -0.461 e. The first-order chi connectivity index (χ1) is 8.72. The van der Waals surface area contributed by atoms with Gasteiger partial charge in [0.25, 0.3) is 0 Å². The minimum absolute atomic E-state index is 0.329. The SMILES string of the molecule is CCOC(=O)c1ncsc1NC1CCCCC1C. The molecule has 1 fully saturated rings. The van der Waals surface area contributed by atoms with Gasteiger partial charge in [0.15, 0.2) is 5.69 Å². The van der Waals surface area contributed by atoms with Crippen LogP contribution in [0.4, 0.5) is 5.00 Å². The first-order valence-corrected chi connectivity index (χ1v) is 7.47. The zero-order valence-electron chi connectivity index (χ0n) is 10.9. The summed E-state index contributed by atoms with van der Waals surface area (Å²) in [4.78, 5) is 15.8. The van der Waals surface area contributed by atoms with Crippen LogP contribution in [-0.4, -0.2) is 23.6 Å². The number of hydrogen-bond acceptors (Lipinski definition) is 5. The number of rotatable bonds is 4. The first-order valence-electron chi connectivity index (χ1n) is 6.59. The van der Waals surface area contributed by atoms with Crippen LogP contribution in [0.3, 0.4) is 0 Å². The molecule has 2 atom stereocenters. The van der Waals surface area contributed by atoms with E-state index in [9.17, 15) is 4.79 Å². The Morgan fingerprint density at radius 2 is 2.33 bits per heavy atom. The monoisotopic (exact) mass is 268 g/mol. The van der Waals surface area contributed by atoms with Crippen molar-refractivity contribution in [1.29, 1.82) is 0 Å². The van der Waals surface area contributed by atoms with Crippen LogP contribution >= 0.6 is 11.3 Å². The molecule has 1 saturated carbocycles. The molecule has 2 unspecified atom stereocenters. The highest BCUT2D eigenvalue weighted by Gasteiger charge is 2.24. The van der Waals surface area contributed by atoms with Gasteiger partial charge >= 0.3 is 5.97 Å². The van der Waals surface area contributed by atoms with Crippen LogP contribution in [0, 0.1) is 5.92 Å². The third kappa shape index (κ3) is 3.02. The number of hydrogen-bond donors (Lipinski definition) is 1. The van der Waals surface area contributed by atoms with Gasteiger partial charge in [0, 0.05) is 6.04 Å². The molecule has 0 amide bonds. The number of carbonyl (C=O) groups excluding carboxylic acids is 1. The Balaban J connectivity index is 2.04. The number of carbonyl (C=O) groups is 1. The standard InChI is InChI=1S/C13H20N2O2S/c1-3-17-13(16)11-12(18-8-14-11)15-10-7-5-4-6-9(10)2/h8-10,15H,3-7H2,1-2H3. The lowest BCUT2D eigenvalue weighted by Crippen LogP contribution is -2.30. The third-order valence-electron chi connectivity index (χ3n) is 3.46. The molecule has 0 bridgehead atoms. The van der Waals surface area contributed by atoms with Crippen molar-refractivity contribution in [2.24, 2.45) is 5.92 Å². The Morgan fingerprint density at radius 3 is 3.06 bits per heavy atom. The number of nitrogens with zero attached hydrogens (tertiary/aromatic N) is 1. The minimum atomic E-state index is -0.329. The Labute approximate surface area is 112 Å². The van der Waals surface area contributed by atoms with E-state index in [1.807, 2.05) is 0 Å². The second kappa shape index (κ2) is 6.18. The highest BCUT2D eigenvalue weighted by molar-refractivity contribution is 7.14. The third-order valence-corrected chi connectivity index (χ3v) is 4.22. The topological polar surface area (TPSA) is 51.2 Å². The Hall–Kier alpha value is -1.10. The summed E-state index contributed by atoms with van der Waals surface area (Å²) >= 11 is 1.48. The normalized spacial score (nSPS) is 23.7. The van der Waals surface area contributed by atoms with Gasteiger partial charge in [0.1, 0.15) is 5.00 Å². The number of nitrogens with one attached hydrogen (secondary N) is 1. The van der Waals surface area contributed by atoms with Gasteiger partial charge in [0.2, 0.25) is 0 Å². The first kappa shape index (κ1) is 13.3. The zero-order valence-corrected chi connectivity index (χ0v) is 11.8. The lowest BCUT2D eigenvalue weighted by molar-refractivity contribution is 0.0521. The van der Waals surface area contributed by atoms with Crippen LogP contribution in [0.5, 0.6) is 0 Å². The number of anilines is 1. The van der Waals surface area contributed by atoms with E-state index in [4.69, 9.17) is 4.74 Å². The summed E-state index contributed by atoms with van der Waals surface area (Å²) in [7, 11) is 0. The van der Waals surface area contributed by atoms with E-state index in [1.54, 1.807) is 12.4 Å². The molecule has 100 valence electrons. The van der Waals surface area contributed by atoms with Crippen molar-refractivity contribution in [3.8, 4) is 0 Å². The Bertz CT molecular complexity index is 405. The molecule has 1 aromatic rings. The van der Waals surface area contributed by atoms with Gasteiger partial charge in [-0.3, -0.25) is 0 Å². The van der Waals surface area contributed by atoms with Gasteiger partial charge in [-0.2, -0.15) is 0 Å². The van der Waals surface area contributed by atoms with E-state index in [2.05, 4.69) is 17.2 Å². The molecular formula is C13H20N2O2S. The molecule has 0 saturated heterocycles. The highest BCUT2D eigenvalue weighted by atomic mass is 32.1. The maximum Gasteiger partial charge on any atom is 0.360 e. The molecule has 1 aliphatic carbocycles. The summed E-state index contributed by atoms with van der Waals surface area (Å²) in [6.45, 7) is 4.46. The van der Waals surface area contributed by atoms with Crippen molar-refractivity contribution in [3.63, 3.8) is 0 Å². The average Bonchev–Trinajstić information content (AvgIpc) is 2.81. The molecule has 1 aliphatic rings. The molecule has 0 spiro atoms. The summed E-state index contributed by atoms with van der Waals surface area (Å²) in [5, 5.41) is 4.33. The van der Waals surface area contributed by atoms with E-state index >= 15 is 0 Å². The van der Waals surface area contributed by atoms with Crippen molar-refractivity contribution in [2.45, 2.75) is 45.6 Å². The second-order valence-corrected chi connectivity index (χ2v) is 5.62. The maximum atomic E-state index is 11.7. The Morgan fingerprint density at radius 1 is 1.56 bits per heavy atom. The van der Waals surface area contributed by atoms with Crippen molar-refractivity contribution in [3.05, 3.63) is 11.2 Å². The number of esters is 1. The van der Waals surface area contributed by atoms with Crippen molar-refractivity contribution < 1.29 is 9.53 Å². The second-order valence-electron chi connectivity index (χ2n) is 4.76. The van der Waals surface area contributed by atoms with Gasteiger partial charge in [-0.05, 0) is 25.7 Å². The molecule has 4 nitrogen and oxygen atoms in total. The lowest BCUT2D eigenvalue weighted by atomic mass is 9.86. The van der Waals surface area contributed by atoms with Crippen molar-refractivity contribution in [1.82, 2.24) is 4.98 Å². The summed E-state index contributed by atoms with van der Waals surface area (Å²) in [6, 6.07) is 0.451. The molecule has 1 heterocycles. The summed E-state index contributed by atoms with van der Waals surface area (Å²) in [5.41, 5.74) is 2.13. The molecule has 2 rings (SSSR count). The summed E-state index contributed by atoms with van der Waals surface area (Å²) in [6.07, 6.45) is 4.99. The lowest BCUT2D eigenvalue weighted by Gasteiger charge is -2.29. The van der Waals surface area contributed by atoms with Gasteiger partial charge in [-0.1, -0.05) is 19.8 Å². The molecular weight excluding hydrogens is 248 g/mol. The average molecular weight is 268 g/mol. The van der Waals surface area contributed by atoms with E-state index in [0.717, 1.165) is 5.00 Å². The fraction of sp³-hybridized carbons (Fsp3) is 0.692. The van der Waals surface area contributed by atoms with Gasteiger partial charge in [0.05, 0.1) is 12.1 Å². The maximum absolute atomic E-state index is 11.7. The molecule has 0 aliphatic heterocycles. The molecule has 5 heteroatoms. The van der Waals surface area contributed by atoms with Crippen LogP contribution in [-0.2, 0) is 4.74 Å². The van der Waals surface area contributed by atoms with Crippen LogP contribution in [0.2, 0.25) is 0 Å². The number of thiazole rings is 1.